The van der Waals surface area contributed by atoms with Crippen molar-refractivity contribution in [2.45, 2.75) is 25.2 Å². The molecule has 1 rings (SSSR count). The SMILES string of the molecule is COc1cc(NC(=O)CC(C)=O)c(C)c(S(=O)(=O)[O-])c1. The third-order valence-corrected chi connectivity index (χ3v) is 3.48. The van der Waals surface area contributed by atoms with Gasteiger partial charge in [0.05, 0.1) is 18.4 Å². The van der Waals surface area contributed by atoms with Crippen molar-refractivity contribution >= 4 is 27.5 Å². The van der Waals surface area contributed by atoms with Gasteiger partial charge in [0.25, 0.3) is 0 Å². The second-order valence-electron chi connectivity index (χ2n) is 4.18. The minimum atomic E-state index is -4.70. The fourth-order valence-electron chi connectivity index (χ4n) is 1.59. The first-order valence-electron chi connectivity index (χ1n) is 5.59. The summed E-state index contributed by atoms with van der Waals surface area (Å²) in [5.74, 6) is -0.814. The lowest BCUT2D eigenvalue weighted by molar-refractivity contribution is -0.124. The van der Waals surface area contributed by atoms with Crippen LogP contribution in [0.4, 0.5) is 5.69 Å². The summed E-state index contributed by atoms with van der Waals surface area (Å²) in [5.41, 5.74) is 0.211. The zero-order valence-electron chi connectivity index (χ0n) is 11.2. The van der Waals surface area contributed by atoms with Crippen molar-refractivity contribution in [3.63, 3.8) is 0 Å². The molecule has 1 aromatic carbocycles. The van der Waals surface area contributed by atoms with E-state index in [1.54, 1.807) is 0 Å². The summed E-state index contributed by atoms with van der Waals surface area (Å²) in [6, 6.07) is 2.46. The topological polar surface area (TPSA) is 113 Å². The lowest BCUT2D eigenvalue weighted by atomic mass is 10.1. The molecular weight excluding hydrogens is 286 g/mol. The zero-order chi connectivity index (χ0) is 15.5. The second kappa shape index (κ2) is 6.02. The van der Waals surface area contributed by atoms with Crippen LogP contribution in [0.5, 0.6) is 5.75 Å². The van der Waals surface area contributed by atoms with E-state index in [0.717, 1.165) is 6.07 Å². The van der Waals surface area contributed by atoms with Crippen molar-refractivity contribution in [3.05, 3.63) is 17.7 Å². The Labute approximate surface area is 116 Å². The minimum absolute atomic E-state index is 0.0951. The van der Waals surface area contributed by atoms with Gasteiger partial charge in [-0.2, -0.15) is 0 Å². The minimum Gasteiger partial charge on any atom is -0.744 e. The predicted octanol–water partition coefficient (Wildman–Crippen LogP) is 0.825. The van der Waals surface area contributed by atoms with Crippen molar-refractivity contribution in [2.24, 2.45) is 0 Å². The van der Waals surface area contributed by atoms with Crippen molar-refractivity contribution in [1.29, 1.82) is 0 Å². The lowest BCUT2D eigenvalue weighted by Gasteiger charge is -2.16. The molecule has 110 valence electrons. The number of nitrogens with one attached hydrogen (secondary N) is 1. The Morgan fingerprint density at radius 3 is 2.40 bits per heavy atom. The molecule has 0 saturated heterocycles. The maximum Gasteiger partial charge on any atom is 0.231 e. The predicted molar refractivity (Wildman–Crippen MR) is 69.6 cm³/mol. The largest absolute Gasteiger partial charge is 0.744 e. The van der Waals surface area contributed by atoms with Gasteiger partial charge in [0.15, 0.2) is 0 Å². The van der Waals surface area contributed by atoms with Gasteiger partial charge in [-0.05, 0) is 25.5 Å². The van der Waals surface area contributed by atoms with Crippen LogP contribution >= 0.6 is 0 Å². The molecule has 0 spiro atoms. The molecule has 0 aliphatic heterocycles. The second-order valence-corrected chi connectivity index (χ2v) is 5.53. The fourth-order valence-corrected chi connectivity index (χ4v) is 2.34. The molecule has 0 fully saturated rings. The Hall–Kier alpha value is -1.93. The van der Waals surface area contributed by atoms with Crippen molar-refractivity contribution in [1.82, 2.24) is 0 Å². The maximum absolute atomic E-state index is 11.5. The van der Waals surface area contributed by atoms with Crippen LogP contribution in [-0.4, -0.2) is 31.8 Å². The summed E-state index contributed by atoms with van der Waals surface area (Å²) in [6.07, 6.45) is -0.337. The molecule has 1 aromatic rings. The Balaban J connectivity index is 3.26. The quantitative estimate of drug-likeness (QED) is 0.636. The van der Waals surface area contributed by atoms with Gasteiger partial charge in [-0.1, -0.05) is 0 Å². The van der Waals surface area contributed by atoms with E-state index >= 15 is 0 Å². The van der Waals surface area contributed by atoms with E-state index < -0.39 is 20.9 Å². The van der Waals surface area contributed by atoms with E-state index in [1.165, 1.54) is 27.0 Å². The van der Waals surface area contributed by atoms with Gasteiger partial charge in [0, 0.05) is 11.8 Å². The van der Waals surface area contributed by atoms with Gasteiger partial charge >= 0.3 is 0 Å². The molecule has 1 N–H and O–H groups in total. The number of benzene rings is 1. The van der Waals surface area contributed by atoms with E-state index in [2.05, 4.69) is 5.32 Å². The molecule has 0 heterocycles. The van der Waals surface area contributed by atoms with E-state index in [9.17, 15) is 22.6 Å². The highest BCUT2D eigenvalue weighted by atomic mass is 32.2. The van der Waals surface area contributed by atoms with Crippen LogP contribution in [0.3, 0.4) is 0 Å². The molecule has 7 nitrogen and oxygen atoms in total. The molecular formula is C12H14NO6S-. The third-order valence-electron chi connectivity index (χ3n) is 2.52. The normalized spacial score (nSPS) is 11.0. The van der Waals surface area contributed by atoms with Crippen LogP contribution in [0.2, 0.25) is 0 Å². The molecule has 0 radical (unpaired) electrons. The number of anilines is 1. The molecule has 0 saturated carbocycles. The number of methoxy groups -OCH3 is 1. The molecule has 0 unspecified atom stereocenters. The smallest absolute Gasteiger partial charge is 0.231 e. The highest BCUT2D eigenvalue weighted by molar-refractivity contribution is 7.85. The number of hydrogen-bond donors (Lipinski definition) is 1. The Kier molecular flexibility index (Phi) is 4.85. The molecule has 8 heteroatoms. The number of hydrogen-bond acceptors (Lipinski definition) is 6. The standard InChI is InChI=1S/C12H15NO6S/c1-7(14)4-12(15)13-10-5-9(19-3)6-11(8(10)2)20(16,17)18/h5-6H,4H2,1-3H3,(H,13,15)(H,16,17,18)/p-1. The maximum atomic E-state index is 11.5. The Morgan fingerprint density at radius 2 is 1.95 bits per heavy atom. The Bertz CT molecular complexity index is 650. The summed E-state index contributed by atoms with van der Waals surface area (Å²) in [6.45, 7) is 2.64. The van der Waals surface area contributed by atoms with Gasteiger partial charge < -0.3 is 14.6 Å². The average molecular weight is 300 g/mol. The number of ketones is 1. The molecule has 0 atom stereocenters. The third kappa shape index (κ3) is 4.04. The van der Waals surface area contributed by atoms with Crippen LogP contribution in [0.25, 0.3) is 0 Å². The first-order valence-corrected chi connectivity index (χ1v) is 6.99. The van der Waals surface area contributed by atoms with Gasteiger partial charge in [-0.3, -0.25) is 9.59 Å². The van der Waals surface area contributed by atoms with Crippen LogP contribution in [0, 0.1) is 6.92 Å². The Morgan fingerprint density at radius 1 is 1.35 bits per heavy atom. The summed E-state index contributed by atoms with van der Waals surface area (Å²) >= 11 is 0. The highest BCUT2D eigenvalue weighted by Crippen LogP contribution is 2.29. The number of carbonyl (C=O) groups is 2. The van der Waals surface area contributed by atoms with Crippen molar-refractivity contribution < 1.29 is 27.3 Å². The molecule has 0 aromatic heterocycles. The van der Waals surface area contributed by atoms with Gasteiger partial charge in [-0.15, -0.1) is 0 Å². The number of ether oxygens (including phenoxy) is 1. The summed E-state index contributed by atoms with van der Waals surface area (Å²) < 4.78 is 38.4. The highest BCUT2D eigenvalue weighted by Gasteiger charge is 2.15. The van der Waals surface area contributed by atoms with E-state index in [4.69, 9.17) is 4.74 Å². The number of carbonyl (C=O) groups excluding carboxylic acids is 2. The fraction of sp³-hybridized carbons (Fsp3) is 0.333. The molecule has 0 aliphatic carbocycles. The van der Waals surface area contributed by atoms with Crippen LogP contribution in [0.1, 0.15) is 18.9 Å². The number of Topliss-reactive ketones (excluding diaryl/α,β-unsaturated/α-hetero) is 1. The monoisotopic (exact) mass is 300 g/mol. The summed E-state index contributed by atoms with van der Waals surface area (Å²) in [4.78, 5) is 21.9. The first-order chi connectivity index (χ1) is 9.15. The van der Waals surface area contributed by atoms with Gasteiger partial charge in [-0.25, -0.2) is 8.42 Å². The molecule has 20 heavy (non-hydrogen) atoms. The molecule has 0 bridgehead atoms. The number of rotatable bonds is 5. The van der Waals surface area contributed by atoms with Crippen LogP contribution in [-0.2, 0) is 19.7 Å². The van der Waals surface area contributed by atoms with Gasteiger partial charge in [0.1, 0.15) is 21.7 Å². The average Bonchev–Trinajstić information content (AvgIpc) is 2.29. The van der Waals surface area contributed by atoms with E-state index in [-0.39, 0.29) is 29.2 Å². The summed E-state index contributed by atoms with van der Waals surface area (Å²) in [7, 11) is -3.40. The number of amides is 1. The van der Waals surface area contributed by atoms with Crippen LogP contribution < -0.4 is 10.1 Å². The van der Waals surface area contributed by atoms with Gasteiger partial charge in [0.2, 0.25) is 5.91 Å². The summed E-state index contributed by atoms with van der Waals surface area (Å²) in [5, 5.41) is 2.39. The van der Waals surface area contributed by atoms with E-state index in [0.29, 0.717) is 0 Å². The zero-order valence-corrected chi connectivity index (χ0v) is 12.0. The van der Waals surface area contributed by atoms with E-state index in [1.807, 2.05) is 0 Å². The van der Waals surface area contributed by atoms with Crippen molar-refractivity contribution in [2.75, 3.05) is 12.4 Å². The molecule has 0 aliphatic rings. The first kappa shape index (κ1) is 16.1. The van der Waals surface area contributed by atoms with Crippen LogP contribution in [0.15, 0.2) is 17.0 Å². The lowest BCUT2D eigenvalue weighted by Crippen LogP contribution is -2.16. The van der Waals surface area contributed by atoms with Crippen molar-refractivity contribution in [3.8, 4) is 5.75 Å². The molecule has 1 amide bonds.